The summed E-state index contributed by atoms with van der Waals surface area (Å²) in [7, 11) is 0. The van der Waals surface area contributed by atoms with Crippen molar-refractivity contribution in [1.82, 2.24) is 0 Å². The van der Waals surface area contributed by atoms with Gasteiger partial charge in [0, 0.05) is 19.6 Å². The fraction of sp³-hybridized carbons (Fsp3) is 0.250. The van der Waals surface area contributed by atoms with E-state index in [1.165, 1.54) is 0 Å². The van der Waals surface area contributed by atoms with E-state index in [1.54, 1.807) is 49.5 Å². The predicted octanol–water partition coefficient (Wildman–Crippen LogP) is 4.08. The zero-order valence-electron chi connectivity index (χ0n) is 14.9. The summed E-state index contributed by atoms with van der Waals surface area (Å²) in [5, 5.41) is 0. The highest BCUT2D eigenvalue weighted by atomic mass is 32.2. The average molecular weight is 402 g/mol. The molecule has 0 aliphatic carbocycles. The van der Waals surface area contributed by atoms with E-state index in [0.29, 0.717) is 5.56 Å². The number of benzene rings is 2. The second kappa shape index (κ2) is 8.63. The van der Waals surface area contributed by atoms with Crippen LogP contribution in [0.5, 0.6) is 0 Å². The standard InChI is InChI=1S/C20H18O5S2/c1-3-24-19(22)17(18(21)20(23)25-4-2)12-9-10-15-16(11-12)27-14-8-6-5-7-13(14)26-15/h5-11,17H,3-4H2,1-2H3. The molecular formula is C20H18O5S2. The normalized spacial score (nSPS) is 13.1. The van der Waals surface area contributed by atoms with Crippen LogP contribution in [0.25, 0.3) is 0 Å². The van der Waals surface area contributed by atoms with Gasteiger partial charge in [-0.15, -0.1) is 0 Å². The molecule has 0 spiro atoms. The van der Waals surface area contributed by atoms with Crippen LogP contribution in [0.4, 0.5) is 0 Å². The average Bonchev–Trinajstić information content (AvgIpc) is 2.66. The molecule has 1 atom stereocenters. The van der Waals surface area contributed by atoms with Gasteiger partial charge in [0.05, 0.1) is 13.2 Å². The molecule has 0 fully saturated rings. The van der Waals surface area contributed by atoms with Crippen molar-refractivity contribution in [3.05, 3.63) is 48.0 Å². The maximum atomic E-state index is 12.5. The van der Waals surface area contributed by atoms with Crippen molar-refractivity contribution in [3.8, 4) is 0 Å². The van der Waals surface area contributed by atoms with E-state index in [2.05, 4.69) is 6.07 Å². The van der Waals surface area contributed by atoms with Gasteiger partial charge in [-0.2, -0.15) is 0 Å². The van der Waals surface area contributed by atoms with Gasteiger partial charge in [0.25, 0.3) is 5.78 Å². The highest BCUT2D eigenvalue weighted by Gasteiger charge is 2.36. The largest absolute Gasteiger partial charge is 0.465 e. The lowest BCUT2D eigenvalue weighted by Crippen LogP contribution is -2.31. The summed E-state index contributed by atoms with van der Waals surface area (Å²) < 4.78 is 9.82. The first-order chi connectivity index (χ1) is 13.0. The Morgan fingerprint density at radius 2 is 1.44 bits per heavy atom. The highest BCUT2D eigenvalue weighted by molar-refractivity contribution is 8.05. The summed E-state index contributed by atoms with van der Waals surface area (Å²) in [5.74, 6) is -4.01. The number of esters is 2. The van der Waals surface area contributed by atoms with Crippen LogP contribution in [0.2, 0.25) is 0 Å². The zero-order chi connectivity index (χ0) is 19.4. The smallest absolute Gasteiger partial charge is 0.375 e. The van der Waals surface area contributed by atoms with Crippen LogP contribution in [0.15, 0.2) is 62.0 Å². The van der Waals surface area contributed by atoms with Gasteiger partial charge in [0.15, 0.2) is 5.92 Å². The number of carbonyl (C=O) groups is 3. The van der Waals surface area contributed by atoms with Crippen LogP contribution in [0, 0.1) is 0 Å². The minimum atomic E-state index is -1.32. The molecule has 27 heavy (non-hydrogen) atoms. The molecule has 0 saturated carbocycles. The predicted molar refractivity (Wildman–Crippen MR) is 102 cm³/mol. The minimum absolute atomic E-state index is 0.0631. The molecule has 1 aliphatic rings. The molecule has 0 amide bonds. The fourth-order valence-electron chi connectivity index (χ4n) is 2.66. The number of rotatable bonds is 6. The van der Waals surface area contributed by atoms with E-state index in [1.807, 2.05) is 24.3 Å². The summed E-state index contributed by atoms with van der Waals surface area (Å²) in [6.45, 7) is 3.44. The summed E-state index contributed by atoms with van der Waals surface area (Å²) in [6.07, 6.45) is 0. The van der Waals surface area contributed by atoms with Crippen LogP contribution < -0.4 is 0 Å². The molecule has 0 bridgehead atoms. The second-order valence-electron chi connectivity index (χ2n) is 5.63. The van der Waals surface area contributed by atoms with Crippen molar-refractivity contribution in [2.45, 2.75) is 39.3 Å². The number of Topliss-reactive ketones (excluding diaryl/α,β-unsaturated/α-hetero) is 1. The van der Waals surface area contributed by atoms with Crippen LogP contribution >= 0.6 is 23.5 Å². The van der Waals surface area contributed by atoms with Crippen molar-refractivity contribution < 1.29 is 23.9 Å². The van der Waals surface area contributed by atoms with E-state index in [-0.39, 0.29) is 13.2 Å². The van der Waals surface area contributed by atoms with E-state index in [4.69, 9.17) is 9.47 Å². The highest BCUT2D eigenvalue weighted by Crippen LogP contribution is 2.48. The Morgan fingerprint density at radius 3 is 2.07 bits per heavy atom. The molecule has 0 saturated heterocycles. The number of hydrogen-bond donors (Lipinski definition) is 0. The summed E-state index contributed by atoms with van der Waals surface area (Å²) >= 11 is 3.20. The minimum Gasteiger partial charge on any atom is -0.465 e. The number of carbonyl (C=O) groups excluding carboxylic acids is 3. The van der Waals surface area contributed by atoms with Crippen LogP contribution in [-0.4, -0.2) is 30.9 Å². The lowest BCUT2D eigenvalue weighted by Gasteiger charge is -2.20. The Morgan fingerprint density at radius 1 is 0.852 bits per heavy atom. The van der Waals surface area contributed by atoms with E-state index in [9.17, 15) is 14.4 Å². The molecule has 1 aliphatic heterocycles. The van der Waals surface area contributed by atoms with Gasteiger partial charge in [-0.1, -0.05) is 41.7 Å². The molecule has 1 heterocycles. The Labute approximate surface area is 165 Å². The van der Waals surface area contributed by atoms with Gasteiger partial charge < -0.3 is 9.47 Å². The van der Waals surface area contributed by atoms with Crippen molar-refractivity contribution in [1.29, 1.82) is 0 Å². The molecule has 140 valence electrons. The van der Waals surface area contributed by atoms with Gasteiger partial charge in [0.2, 0.25) is 0 Å². The molecule has 5 nitrogen and oxygen atoms in total. The Kier molecular flexibility index (Phi) is 6.23. The van der Waals surface area contributed by atoms with Crippen molar-refractivity contribution in [2.24, 2.45) is 0 Å². The van der Waals surface area contributed by atoms with Crippen LogP contribution in [-0.2, 0) is 23.9 Å². The number of fused-ring (bicyclic) bond motifs is 2. The van der Waals surface area contributed by atoms with Gasteiger partial charge >= 0.3 is 11.9 Å². The SMILES string of the molecule is CCOC(=O)C(=O)C(C(=O)OCC)c1ccc2c(c1)Sc1ccccc1S2. The third kappa shape index (κ3) is 4.20. The van der Waals surface area contributed by atoms with E-state index < -0.39 is 23.6 Å². The third-order valence-electron chi connectivity index (χ3n) is 3.85. The Hall–Kier alpha value is -2.25. The zero-order valence-corrected chi connectivity index (χ0v) is 16.5. The van der Waals surface area contributed by atoms with Crippen LogP contribution in [0.3, 0.4) is 0 Å². The van der Waals surface area contributed by atoms with Gasteiger partial charge in [0.1, 0.15) is 0 Å². The van der Waals surface area contributed by atoms with E-state index >= 15 is 0 Å². The van der Waals surface area contributed by atoms with Crippen molar-refractivity contribution in [2.75, 3.05) is 13.2 Å². The molecule has 7 heteroatoms. The first-order valence-electron chi connectivity index (χ1n) is 8.51. The third-order valence-corrected chi connectivity index (χ3v) is 6.40. The summed E-state index contributed by atoms with van der Waals surface area (Å²) in [4.78, 5) is 41.1. The van der Waals surface area contributed by atoms with Crippen molar-refractivity contribution in [3.63, 3.8) is 0 Å². The van der Waals surface area contributed by atoms with Gasteiger partial charge in [-0.25, -0.2) is 4.79 Å². The maximum Gasteiger partial charge on any atom is 0.375 e. The molecule has 0 aromatic heterocycles. The molecule has 0 radical (unpaired) electrons. The van der Waals surface area contributed by atoms with Gasteiger partial charge in [-0.05, 0) is 43.7 Å². The fourth-order valence-corrected chi connectivity index (χ4v) is 4.93. The molecule has 1 unspecified atom stereocenters. The van der Waals surface area contributed by atoms with Crippen molar-refractivity contribution >= 4 is 41.2 Å². The topological polar surface area (TPSA) is 69.7 Å². The number of ketones is 1. The Balaban J connectivity index is 1.95. The Bertz CT molecular complexity index is 894. The summed E-state index contributed by atoms with van der Waals surface area (Å²) in [6, 6.07) is 13.4. The first-order valence-corrected chi connectivity index (χ1v) is 10.1. The second-order valence-corrected chi connectivity index (χ2v) is 7.79. The van der Waals surface area contributed by atoms with Crippen LogP contribution in [0.1, 0.15) is 25.3 Å². The molecule has 2 aromatic carbocycles. The summed E-state index contributed by atoms with van der Waals surface area (Å²) in [5.41, 5.74) is 0.428. The number of hydrogen-bond acceptors (Lipinski definition) is 7. The lowest BCUT2D eigenvalue weighted by atomic mass is 9.94. The molecular weight excluding hydrogens is 384 g/mol. The maximum absolute atomic E-state index is 12.5. The molecule has 3 rings (SSSR count). The molecule has 0 N–H and O–H groups in total. The first kappa shape index (κ1) is 19.5. The quantitative estimate of drug-likeness (QED) is 0.349. The molecule has 2 aromatic rings. The lowest BCUT2D eigenvalue weighted by molar-refractivity contribution is -0.159. The van der Waals surface area contributed by atoms with Gasteiger partial charge in [-0.3, -0.25) is 9.59 Å². The van der Waals surface area contributed by atoms with E-state index in [0.717, 1.165) is 19.6 Å². The number of ether oxygens (including phenoxy) is 2. The monoisotopic (exact) mass is 402 g/mol.